The maximum absolute atomic E-state index is 13.3. The molecular formula is C24H27F4N5O4S2. The maximum Gasteiger partial charge on any atom is 0.490 e. The first-order valence-electron chi connectivity index (χ1n) is 11.7. The number of sulfonamides is 1. The molecule has 0 amide bonds. The summed E-state index contributed by atoms with van der Waals surface area (Å²) >= 11 is 1.12. The Kier molecular flexibility index (Phi) is 9.85. The third kappa shape index (κ3) is 8.60. The number of pyridine rings is 1. The van der Waals surface area contributed by atoms with Gasteiger partial charge >= 0.3 is 12.1 Å². The van der Waals surface area contributed by atoms with Crippen molar-refractivity contribution in [2.75, 3.05) is 29.8 Å². The average molecular weight is 590 g/mol. The number of hydrogen-bond acceptors (Lipinski definition) is 8. The number of anilines is 2. The predicted octanol–water partition coefficient (Wildman–Crippen LogP) is 4.52. The Morgan fingerprint density at radius 2 is 1.74 bits per heavy atom. The van der Waals surface area contributed by atoms with E-state index in [9.17, 15) is 26.0 Å². The van der Waals surface area contributed by atoms with E-state index in [0.29, 0.717) is 11.7 Å². The van der Waals surface area contributed by atoms with Gasteiger partial charge in [0.25, 0.3) is 10.0 Å². The summed E-state index contributed by atoms with van der Waals surface area (Å²) in [5.74, 6) is -3.58. The second-order valence-corrected chi connectivity index (χ2v) is 11.6. The standard InChI is InChI=1S/C22H26FN5O2S2.C2HF3O2/c1-16-21(31-22(24-16)32(29,30)26-20-10-6-9-19(23)25-20)27(2)18-11-13-28(14-12-18)15-17-7-4-3-5-8-17;3-2(4,5)1(6)7/h3-10,18H,11-15H2,1-2H3,(H,25,26);(H,6,7). The quantitative estimate of drug-likeness (QED) is 0.305. The lowest BCUT2D eigenvalue weighted by molar-refractivity contribution is -0.192. The number of piperidine rings is 1. The third-order valence-electron chi connectivity index (χ3n) is 5.85. The van der Waals surface area contributed by atoms with Gasteiger partial charge in [-0.05, 0) is 37.5 Å². The van der Waals surface area contributed by atoms with Crippen LogP contribution in [0.15, 0.2) is 52.9 Å². The Hall–Kier alpha value is -3.30. The first-order valence-corrected chi connectivity index (χ1v) is 14.0. The number of thiazole rings is 1. The molecule has 4 rings (SSSR count). The summed E-state index contributed by atoms with van der Waals surface area (Å²) in [6, 6.07) is 14.7. The number of nitrogens with one attached hydrogen (secondary N) is 1. The number of likely N-dealkylation sites (tertiary alicyclic amines) is 1. The monoisotopic (exact) mass is 589 g/mol. The van der Waals surface area contributed by atoms with Gasteiger partial charge in [-0.1, -0.05) is 47.7 Å². The molecule has 212 valence electrons. The van der Waals surface area contributed by atoms with Crippen molar-refractivity contribution in [1.29, 1.82) is 0 Å². The number of halogens is 4. The molecule has 0 radical (unpaired) electrons. The summed E-state index contributed by atoms with van der Waals surface area (Å²) in [6.45, 7) is 4.73. The van der Waals surface area contributed by atoms with Gasteiger partial charge in [0.1, 0.15) is 10.8 Å². The molecule has 1 aliphatic heterocycles. The van der Waals surface area contributed by atoms with Crippen molar-refractivity contribution in [2.45, 2.75) is 42.9 Å². The molecule has 2 N–H and O–H groups in total. The van der Waals surface area contributed by atoms with Crippen LogP contribution in [0.5, 0.6) is 0 Å². The number of carboxylic acid groups (broad SMARTS) is 1. The van der Waals surface area contributed by atoms with Gasteiger partial charge in [0, 0.05) is 32.7 Å². The van der Waals surface area contributed by atoms with Gasteiger partial charge in [0.2, 0.25) is 10.3 Å². The third-order valence-corrected chi connectivity index (χ3v) is 8.83. The maximum atomic E-state index is 13.3. The molecule has 0 spiro atoms. The Balaban J connectivity index is 0.000000532. The zero-order valence-corrected chi connectivity index (χ0v) is 22.7. The van der Waals surface area contributed by atoms with E-state index in [1.165, 1.54) is 17.7 Å². The molecule has 3 heterocycles. The van der Waals surface area contributed by atoms with E-state index in [0.717, 1.165) is 54.9 Å². The van der Waals surface area contributed by atoms with Gasteiger partial charge in [0.05, 0.1) is 5.69 Å². The van der Waals surface area contributed by atoms with Crippen LogP contribution in [0.4, 0.5) is 28.4 Å². The molecule has 0 atom stereocenters. The number of aryl methyl sites for hydroxylation is 1. The molecule has 1 fully saturated rings. The van der Waals surface area contributed by atoms with Crippen molar-refractivity contribution in [1.82, 2.24) is 14.9 Å². The Morgan fingerprint density at radius 3 is 2.31 bits per heavy atom. The summed E-state index contributed by atoms with van der Waals surface area (Å²) in [5.41, 5.74) is 1.98. The molecule has 1 aromatic carbocycles. The average Bonchev–Trinajstić information content (AvgIpc) is 3.27. The number of benzene rings is 1. The molecule has 2 aromatic heterocycles. The minimum atomic E-state index is -5.08. The topological polar surface area (TPSA) is 116 Å². The summed E-state index contributed by atoms with van der Waals surface area (Å²) in [6.07, 6.45) is -3.09. The number of carboxylic acids is 1. The van der Waals surface area contributed by atoms with Crippen LogP contribution in [0.1, 0.15) is 24.1 Å². The van der Waals surface area contributed by atoms with Crippen molar-refractivity contribution in [3.05, 3.63) is 65.7 Å². The summed E-state index contributed by atoms with van der Waals surface area (Å²) in [4.78, 5) is 21.3. The van der Waals surface area contributed by atoms with Gasteiger partial charge in [-0.25, -0.2) is 14.8 Å². The highest BCUT2D eigenvalue weighted by molar-refractivity contribution is 7.94. The van der Waals surface area contributed by atoms with E-state index in [4.69, 9.17) is 9.90 Å². The van der Waals surface area contributed by atoms with Crippen molar-refractivity contribution >= 4 is 38.1 Å². The summed E-state index contributed by atoms with van der Waals surface area (Å²) in [5, 5.41) is 7.96. The minimum Gasteiger partial charge on any atom is -0.475 e. The van der Waals surface area contributed by atoms with Crippen molar-refractivity contribution in [3.8, 4) is 0 Å². The van der Waals surface area contributed by atoms with Crippen LogP contribution >= 0.6 is 11.3 Å². The fraction of sp³-hybridized carbons (Fsp3) is 0.375. The lowest BCUT2D eigenvalue weighted by atomic mass is 10.0. The fourth-order valence-electron chi connectivity index (χ4n) is 3.92. The fourth-order valence-corrected chi connectivity index (χ4v) is 6.29. The molecule has 9 nitrogen and oxygen atoms in total. The largest absolute Gasteiger partial charge is 0.490 e. The van der Waals surface area contributed by atoms with Crippen LogP contribution in [-0.2, 0) is 21.4 Å². The van der Waals surface area contributed by atoms with Gasteiger partial charge in [-0.15, -0.1) is 0 Å². The molecule has 0 saturated carbocycles. The predicted molar refractivity (Wildman–Crippen MR) is 139 cm³/mol. The molecule has 1 aliphatic rings. The second kappa shape index (κ2) is 12.7. The minimum absolute atomic E-state index is 0.0515. The lowest BCUT2D eigenvalue weighted by Crippen LogP contribution is -2.43. The van der Waals surface area contributed by atoms with E-state index >= 15 is 0 Å². The Morgan fingerprint density at radius 1 is 1.13 bits per heavy atom. The lowest BCUT2D eigenvalue weighted by Gasteiger charge is -2.37. The molecule has 3 aromatic rings. The smallest absolute Gasteiger partial charge is 0.475 e. The first-order chi connectivity index (χ1) is 18.3. The van der Waals surface area contributed by atoms with Gasteiger partial charge in [0.15, 0.2) is 0 Å². The highest BCUT2D eigenvalue weighted by Gasteiger charge is 2.38. The van der Waals surface area contributed by atoms with E-state index < -0.39 is 28.1 Å². The van der Waals surface area contributed by atoms with E-state index in [2.05, 4.69) is 48.8 Å². The zero-order chi connectivity index (χ0) is 28.8. The first kappa shape index (κ1) is 30.2. The number of carbonyl (C=O) groups is 1. The van der Waals surface area contributed by atoms with E-state index in [1.807, 2.05) is 20.0 Å². The number of hydrogen-bond donors (Lipinski definition) is 2. The van der Waals surface area contributed by atoms with Crippen LogP contribution in [0, 0.1) is 12.9 Å². The Labute approximate surface area is 227 Å². The number of aromatic nitrogens is 2. The summed E-state index contributed by atoms with van der Waals surface area (Å²) < 4.78 is 72.8. The van der Waals surface area contributed by atoms with E-state index in [-0.39, 0.29) is 10.2 Å². The van der Waals surface area contributed by atoms with Crippen LogP contribution in [0.2, 0.25) is 0 Å². The molecular weight excluding hydrogens is 562 g/mol. The van der Waals surface area contributed by atoms with Crippen LogP contribution in [-0.4, -0.2) is 66.7 Å². The number of aliphatic carboxylic acids is 1. The normalized spacial score (nSPS) is 14.8. The van der Waals surface area contributed by atoms with Gasteiger partial charge in [-0.2, -0.15) is 26.0 Å². The van der Waals surface area contributed by atoms with E-state index in [1.54, 1.807) is 0 Å². The van der Waals surface area contributed by atoms with Crippen LogP contribution < -0.4 is 9.62 Å². The van der Waals surface area contributed by atoms with Crippen molar-refractivity contribution < 1.29 is 35.9 Å². The number of nitrogens with zero attached hydrogens (tertiary/aromatic N) is 4. The van der Waals surface area contributed by atoms with Crippen LogP contribution in [0.3, 0.4) is 0 Å². The molecule has 0 bridgehead atoms. The van der Waals surface area contributed by atoms with Gasteiger partial charge < -0.3 is 10.0 Å². The SMILES string of the molecule is Cc1nc(S(=O)(=O)Nc2cccc(F)n2)sc1N(C)C1CCN(Cc2ccccc2)CC1.O=C(O)C(F)(F)F. The number of rotatable bonds is 7. The molecule has 1 saturated heterocycles. The second-order valence-electron chi connectivity index (χ2n) is 8.73. The molecule has 15 heteroatoms. The van der Waals surface area contributed by atoms with Crippen molar-refractivity contribution in [3.63, 3.8) is 0 Å². The molecule has 39 heavy (non-hydrogen) atoms. The zero-order valence-electron chi connectivity index (χ0n) is 21.0. The van der Waals surface area contributed by atoms with Crippen molar-refractivity contribution in [2.24, 2.45) is 0 Å². The van der Waals surface area contributed by atoms with Gasteiger partial charge in [-0.3, -0.25) is 9.62 Å². The van der Waals surface area contributed by atoms with Crippen LogP contribution in [0.25, 0.3) is 0 Å². The summed E-state index contributed by atoms with van der Waals surface area (Å²) in [7, 11) is -1.95. The number of alkyl halides is 3. The Bertz CT molecular complexity index is 1360. The molecule has 0 aliphatic carbocycles. The highest BCUT2D eigenvalue weighted by Crippen LogP contribution is 2.34. The highest BCUT2D eigenvalue weighted by atomic mass is 32.2. The molecule has 0 unspecified atom stereocenters.